The molecule has 0 bridgehead atoms. The van der Waals surface area contributed by atoms with Crippen LogP contribution in [0.3, 0.4) is 0 Å². The van der Waals surface area contributed by atoms with E-state index < -0.39 is 5.79 Å². The fraction of sp³-hybridized carbons (Fsp3) is 0.846. The Morgan fingerprint density at radius 2 is 2.19 bits per heavy atom. The molecule has 3 nitrogen and oxygen atoms in total. The summed E-state index contributed by atoms with van der Waals surface area (Å²) in [6, 6.07) is 0. The molecule has 2 aliphatic carbocycles. The highest BCUT2D eigenvalue weighted by Gasteiger charge is 2.69. The van der Waals surface area contributed by atoms with E-state index in [1.54, 1.807) is 0 Å². The number of ether oxygens (including phenoxy) is 3. The maximum absolute atomic E-state index is 6.16. The van der Waals surface area contributed by atoms with Gasteiger partial charge in [0.05, 0.1) is 13.2 Å². The van der Waals surface area contributed by atoms with Crippen molar-refractivity contribution in [3.05, 3.63) is 12.2 Å². The molecule has 1 saturated heterocycles. The molecule has 2 unspecified atom stereocenters. The van der Waals surface area contributed by atoms with Crippen LogP contribution in [0.2, 0.25) is 0 Å². The molecule has 0 aromatic heterocycles. The van der Waals surface area contributed by atoms with E-state index in [1.165, 1.54) is 0 Å². The molecule has 0 radical (unpaired) electrons. The highest BCUT2D eigenvalue weighted by atomic mass is 16.8. The van der Waals surface area contributed by atoms with Gasteiger partial charge in [-0.05, 0) is 19.3 Å². The van der Waals surface area contributed by atoms with Gasteiger partial charge in [0.1, 0.15) is 5.60 Å². The maximum atomic E-state index is 6.16. The summed E-state index contributed by atoms with van der Waals surface area (Å²) in [5, 5.41) is 0. The van der Waals surface area contributed by atoms with Gasteiger partial charge in [0, 0.05) is 18.9 Å². The van der Waals surface area contributed by atoms with Crippen LogP contribution in [0.5, 0.6) is 0 Å². The van der Waals surface area contributed by atoms with Gasteiger partial charge in [0.15, 0.2) is 5.79 Å². The van der Waals surface area contributed by atoms with Gasteiger partial charge in [-0.1, -0.05) is 19.1 Å². The predicted molar refractivity (Wildman–Crippen MR) is 60.1 cm³/mol. The second-order valence-electron chi connectivity index (χ2n) is 4.97. The summed E-state index contributed by atoms with van der Waals surface area (Å²) in [7, 11) is 0. The van der Waals surface area contributed by atoms with Gasteiger partial charge >= 0.3 is 0 Å². The van der Waals surface area contributed by atoms with Crippen molar-refractivity contribution in [1.29, 1.82) is 0 Å². The van der Waals surface area contributed by atoms with E-state index in [2.05, 4.69) is 19.1 Å². The SMILES string of the molecule is CCCOC12CCC=CC1CC21OCCO1. The summed E-state index contributed by atoms with van der Waals surface area (Å²) in [4.78, 5) is 0. The minimum atomic E-state index is -0.419. The molecule has 3 rings (SSSR count). The Kier molecular flexibility index (Phi) is 2.57. The first-order valence-corrected chi connectivity index (χ1v) is 6.41. The van der Waals surface area contributed by atoms with Crippen LogP contribution in [-0.4, -0.2) is 31.2 Å². The second kappa shape index (κ2) is 3.83. The van der Waals surface area contributed by atoms with Crippen LogP contribution in [0.1, 0.15) is 32.6 Å². The number of allylic oxidation sites excluding steroid dienone is 1. The van der Waals surface area contributed by atoms with Gasteiger partial charge in [-0.3, -0.25) is 0 Å². The zero-order valence-corrected chi connectivity index (χ0v) is 9.91. The summed E-state index contributed by atoms with van der Waals surface area (Å²) in [6.45, 7) is 4.38. The Balaban J connectivity index is 1.84. The number of hydrogen-bond acceptors (Lipinski definition) is 3. The van der Waals surface area contributed by atoms with Crippen molar-refractivity contribution < 1.29 is 14.2 Å². The molecule has 0 aromatic carbocycles. The average Bonchev–Trinajstić information content (AvgIpc) is 2.78. The monoisotopic (exact) mass is 224 g/mol. The highest BCUT2D eigenvalue weighted by molar-refractivity contribution is 5.22. The quantitative estimate of drug-likeness (QED) is 0.688. The lowest BCUT2D eigenvalue weighted by atomic mass is 9.59. The van der Waals surface area contributed by atoms with Crippen molar-refractivity contribution in [2.45, 2.75) is 44.0 Å². The third-order valence-corrected chi connectivity index (χ3v) is 4.10. The minimum absolute atomic E-state index is 0.186. The smallest absolute Gasteiger partial charge is 0.199 e. The average molecular weight is 224 g/mol. The van der Waals surface area contributed by atoms with Crippen LogP contribution in [-0.2, 0) is 14.2 Å². The predicted octanol–water partition coefficient (Wildman–Crippen LogP) is 2.26. The molecule has 3 aliphatic rings. The fourth-order valence-electron chi connectivity index (χ4n) is 3.33. The molecule has 1 saturated carbocycles. The summed E-state index contributed by atoms with van der Waals surface area (Å²) >= 11 is 0. The maximum Gasteiger partial charge on any atom is 0.199 e. The van der Waals surface area contributed by atoms with Gasteiger partial charge in [0.2, 0.25) is 0 Å². The van der Waals surface area contributed by atoms with Crippen molar-refractivity contribution in [3.8, 4) is 0 Å². The molecule has 0 aromatic rings. The molecule has 2 atom stereocenters. The van der Waals surface area contributed by atoms with Crippen molar-refractivity contribution >= 4 is 0 Å². The normalized spacial score (nSPS) is 39.7. The van der Waals surface area contributed by atoms with Gasteiger partial charge in [-0.2, -0.15) is 0 Å². The Labute approximate surface area is 96.8 Å². The summed E-state index contributed by atoms with van der Waals surface area (Å²) in [5.74, 6) is 0.0725. The highest BCUT2D eigenvalue weighted by Crippen LogP contribution is 2.59. The minimum Gasteiger partial charge on any atom is -0.369 e. The van der Waals surface area contributed by atoms with Crippen LogP contribution in [0, 0.1) is 5.92 Å². The lowest BCUT2D eigenvalue weighted by molar-refractivity contribution is -0.363. The molecule has 0 N–H and O–H groups in total. The van der Waals surface area contributed by atoms with Gasteiger partial charge in [-0.25, -0.2) is 0 Å². The Morgan fingerprint density at radius 3 is 2.88 bits per heavy atom. The third kappa shape index (κ3) is 1.25. The number of fused-ring (bicyclic) bond motifs is 2. The van der Waals surface area contributed by atoms with Crippen molar-refractivity contribution in [2.75, 3.05) is 19.8 Å². The molecular formula is C13H20O3. The zero-order valence-electron chi connectivity index (χ0n) is 9.91. The second-order valence-corrected chi connectivity index (χ2v) is 4.97. The topological polar surface area (TPSA) is 27.7 Å². The number of hydrogen-bond donors (Lipinski definition) is 0. The van der Waals surface area contributed by atoms with Crippen LogP contribution in [0.25, 0.3) is 0 Å². The summed E-state index contributed by atoms with van der Waals surface area (Å²) in [5.41, 5.74) is -0.186. The molecular weight excluding hydrogens is 204 g/mol. The van der Waals surface area contributed by atoms with Crippen molar-refractivity contribution in [2.24, 2.45) is 5.92 Å². The Bertz CT molecular complexity index is 294. The first kappa shape index (κ1) is 10.8. The van der Waals surface area contributed by atoms with E-state index in [1.807, 2.05) is 0 Å². The van der Waals surface area contributed by atoms with Crippen molar-refractivity contribution in [1.82, 2.24) is 0 Å². The lowest BCUT2D eigenvalue weighted by Crippen LogP contribution is -2.71. The van der Waals surface area contributed by atoms with E-state index in [0.717, 1.165) is 32.3 Å². The molecule has 2 fully saturated rings. The molecule has 1 spiro atoms. The molecule has 1 aliphatic heterocycles. The van der Waals surface area contributed by atoms with Crippen molar-refractivity contribution in [3.63, 3.8) is 0 Å². The molecule has 0 amide bonds. The van der Waals surface area contributed by atoms with E-state index in [-0.39, 0.29) is 5.60 Å². The van der Waals surface area contributed by atoms with E-state index >= 15 is 0 Å². The standard InChI is InChI=1S/C13H20O3/c1-2-7-14-12-6-4-3-5-11(12)10-13(12)15-8-9-16-13/h3,5,11H,2,4,6-10H2,1H3. The van der Waals surface area contributed by atoms with Gasteiger partial charge in [-0.15, -0.1) is 0 Å². The summed E-state index contributed by atoms with van der Waals surface area (Å²) < 4.78 is 17.9. The number of rotatable bonds is 3. The Morgan fingerprint density at radius 1 is 1.38 bits per heavy atom. The Hall–Kier alpha value is -0.380. The van der Waals surface area contributed by atoms with Gasteiger partial charge < -0.3 is 14.2 Å². The van der Waals surface area contributed by atoms with E-state index in [0.29, 0.717) is 19.1 Å². The lowest BCUT2D eigenvalue weighted by Gasteiger charge is -2.60. The van der Waals surface area contributed by atoms with E-state index in [4.69, 9.17) is 14.2 Å². The first-order valence-electron chi connectivity index (χ1n) is 6.41. The van der Waals surface area contributed by atoms with Crippen LogP contribution in [0.4, 0.5) is 0 Å². The summed E-state index contributed by atoms with van der Waals surface area (Å²) in [6.07, 6.45) is 8.68. The zero-order chi connectivity index (χ0) is 11.1. The molecule has 3 heteroatoms. The van der Waals surface area contributed by atoms with Crippen LogP contribution >= 0.6 is 0 Å². The first-order chi connectivity index (χ1) is 7.83. The largest absolute Gasteiger partial charge is 0.369 e. The third-order valence-electron chi connectivity index (χ3n) is 4.10. The molecule has 1 heterocycles. The van der Waals surface area contributed by atoms with E-state index in [9.17, 15) is 0 Å². The van der Waals surface area contributed by atoms with Crippen LogP contribution in [0.15, 0.2) is 12.2 Å². The molecule has 16 heavy (non-hydrogen) atoms. The molecule has 90 valence electrons. The fourth-order valence-corrected chi connectivity index (χ4v) is 3.33. The van der Waals surface area contributed by atoms with Crippen LogP contribution < -0.4 is 0 Å². The van der Waals surface area contributed by atoms with Gasteiger partial charge in [0.25, 0.3) is 0 Å².